The molecule has 2 heteroatoms. The highest BCUT2D eigenvalue weighted by Crippen LogP contribution is 2.16. The van der Waals surface area contributed by atoms with Crippen LogP contribution < -0.4 is 5.32 Å². The minimum absolute atomic E-state index is 0.802. The lowest BCUT2D eigenvalue weighted by molar-refractivity contribution is 0.276. The van der Waals surface area contributed by atoms with Gasteiger partial charge in [-0.3, -0.25) is 0 Å². The van der Waals surface area contributed by atoms with Crippen LogP contribution >= 0.6 is 0 Å². The Morgan fingerprint density at radius 3 is 2.18 bits per heavy atom. The van der Waals surface area contributed by atoms with Crippen molar-refractivity contribution < 1.29 is 0 Å². The minimum atomic E-state index is 0.802. The van der Waals surface area contributed by atoms with Gasteiger partial charge in [-0.1, -0.05) is 46.0 Å². The molecule has 1 rings (SSSR count). The molecule has 102 valence electrons. The van der Waals surface area contributed by atoms with E-state index in [0.717, 1.165) is 6.04 Å². The fourth-order valence-corrected chi connectivity index (χ4v) is 2.83. The van der Waals surface area contributed by atoms with E-state index in [2.05, 4.69) is 24.1 Å². The van der Waals surface area contributed by atoms with Crippen molar-refractivity contribution in [1.29, 1.82) is 0 Å². The lowest BCUT2D eigenvalue weighted by Gasteiger charge is -2.24. The SMILES string of the molecule is CCCN(CC)CCNC1CCCCCCC1. The summed E-state index contributed by atoms with van der Waals surface area (Å²) in [5.74, 6) is 0. The van der Waals surface area contributed by atoms with E-state index in [-0.39, 0.29) is 0 Å². The molecule has 0 amide bonds. The molecule has 0 unspecified atom stereocenters. The topological polar surface area (TPSA) is 15.3 Å². The van der Waals surface area contributed by atoms with Gasteiger partial charge < -0.3 is 10.2 Å². The highest BCUT2D eigenvalue weighted by atomic mass is 15.1. The van der Waals surface area contributed by atoms with Crippen LogP contribution in [0.5, 0.6) is 0 Å². The maximum absolute atomic E-state index is 3.77. The van der Waals surface area contributed by atoms with E-state index < -0.39 is 0 Å². The van der Waals surface area contributed by atoms with Crippen molar-refractivity contribution >= 4 is 0 Å². The first kappa shape index (κ1) is 15.0. The molecule has 0 aromatic carbocycles. The second-order valence-electron chi connectivity index (χ2n) is 5.43. The normalized spacial score (nSPS) is 19.2. The third kappa shape index (κ3) is 7.05. The highest BCUT2D eigenvalue weighted by Gasteiger charge is 2.10. The first-order chi connectivity index (χ1) is 8.36. The van der Waals surface area contributed by atoms with Gasteiger partial charge in [-0.25, -0.2) is 0 Å². The quantitative estimate of drug-likeness (QED) is 0.733. The van der Waals surface area contributed by atoms with Gasteiger partial charge in [0, 0.05) is 19.1 Å². The van der Waals surface area contributed by atoms with E-state index in [0.29, 0.717) is 0 Å². The van der Waals surface area contributed by atoms with Crippen LogP contribution in [0.2, 0.25) is 0 Å². The Morgan fingerprint density at radius 2 is 1.59 bits per heavy atom. The Balaban J connectivity index is 2.10. The zero-order valence-corrected chi connectivity index (χ0v) is 12.0. The van der Waals surface area contributed by atoms with Crippen molar-refractivity contribution in [2.24, 2.45) is 0 Å². The van der Waals surface area contributed by atoms with Crippen molar-refractivity contribution in [2.75, 3.05) is 26.2 Å². The average molecular weight is 240 g/mol. The summed E-state index contributed by atoms with van der Waals surface area (Å²) in [6, 6.07) is 0.802. The lowest BCUT2D eigenvalue weighted by Crippen LogP contribution is -2.37. The van der Waals surface area contributed by atoms with E-state index in [1.807, 2.05) is 0 Å². The van der Waals surface area contributed by atoms with Gasteiger partial charge in [0.2, 0.25) is 0 Å². The molecule has 0 atom stereocenters. The van der Waals surface area contributed by atoms with Crippen LogP contribution in [0.1, 0.15) is 65.2 Å². The Kier molecular flexibility index (Phi) is 8.72. The fraction of sp³-hybridized carbons (Fsp3) is 1.00. The van der Waals surface area contributed by atoms with E-state index in [9.17, 15) is 0 Å². The van der Waals surface area contributed by atoms with E-state index >= 15 is 0 Å². The van der Waals surface area contributed by atoms with Crippen molar-refractivity contribution in [3.8, 4) is 0 Å². The van der Waals surface area contributed by atoms with Gasteiger partial charge in [-0.15, -0.1) is 0 Å². The Labute approximate surface area is 108 Å². The molecular formula is C15H32N2. The maximum Gasteiger partial charge on any atom is 0.0107 e. The van der Waals surface area contributed by atoms with Crippen molar-refractivity contribution in [1.82, 2.24) is 10.2 Å². The summed E-state index contributed by atoms with van der Waals surface area (Å²) in [4.78, 5) is 2.55. The fourth-order valence-electron chi connectivity index (χ4n) is 2.83. The van der Waals surface area contributed by atoms with E-state index in [4.69, 9.17) is 0 Å². The van der Waals surface area contributed by atoms with Gasteiger partial charge >= 0.3 is 0 Å². The van der Waals surface area contributed by atoms with Crippen LogP contribution in [0.25, 0.3) is 0 Å². The van der Waals surface area contributed by atoms with E-state index in [1.165, 1.54) is 77.5 Å². The molecule has 0 heterocycles. The summed E-state index contributed by atoms with van der Waals surface area (Å²) < 4.78 is 0. The molecule has 0 bridgehead atoms. The van der Waals surface area contributed by atoms with Gasteiger partial charge in [-0.2, -0.15) is 0 Å². The molecule has 0 aliphatic heterocycles. The second-order valence-corrected chi connectivity index (χ2v) is 5.43. The summed E-state index contributed by atoms with van der Waals surface area (Å²) in [6.45, 7) is 9.39. The van der Waals surface area contributed by atoms with Crippen LogP contribution in [0.4, 0.5) is 0 Å². The lowest BCUT2D eigenvalue weighted by atomic mass is 9.97. The highest BCUT2D eigenvalue weighted by molar-refractivity contribution is 4.70. The molecule has 1 aliphatic carbocycles. The molecule has 1 fully saturated rings. The Bertz CT molecular complexity index is 162. The number of nitrogens with zero attached hydrogens (tertiary/aromatic N) is 1. The summed E-state index contributed by atoms with van der Waals surface area (Å²) in [5, 5.41) is 3.77. The van der Waals surface area contributed by atoms with Gasteiger partial charge in [0.05, 0.1) is 0 Å². The van der Waals surface area contributed by atoms with Crippen LogP contribution in [0.15, 0.2) is 0 Å². The smallest absolute Gasteiger partial charge is 0.0107 e. The second kappa shape index (κ2) is 9.90. The first-order valence-corrected chi connectivity index (χ1v) is 7.82. The summed E-state index contributed by atoms with van der Waals surface area (Å²) in [6.07, 6.45) is 11.3. The summed E-state index contributed by atoms with van der Waals surface area (Å²) in [7, 11) is 0. The molecule has 1 saturated carbocycles. The van der Waals surface area contributed by atoms with E-state index in [1.54, 1.807) is 0 Å². The number of hydrogen-bond acceptors (Lipinski definition) is 2. The molecule has 0 radical (unpaired) electrons. The average Bonchev–Trinajstić information content (AvgIpc) is 2.30. The monoisotopic (exact) mass is 240 g/mol. The van der Waals surface area contributed by atoms with Crippen molar-refractivity contribution in [2.45, 2.75) is 71.3 Å². The summed E-state index contributed by atoms with van der Waals surface area (Å²) >= 11 is 0. The molecule has 0 spiro atoms. The molecule has 0 saturated heterocycles. The Morgan fingerprint density at radius 1 is 0.941 bits per heavy atom. The zero-order valence-electron chi connectivity index (χ0n) is 12.0. The van der Waals surface area contributed by atoms with Gasteiger partial charge in [0.25, 0.3) is 0 Å². The third-order valence-corrected chi connectivity index (χ3v) is 3.95. The standard InChI is InChI=1S/C15H32N2/c1-3-13-17(4-2)14-12-16-15-10-8-6-5-7-9-11-15/h15-16H,3-14H2,1-2H3. The molecule has 0 aromatic rings. The van der Waals surface area contributed by atoms with Crippen LogP contribution in [-0.4, -0.2) is 37.1 Å². The van der Waals surface area contributed by atoms with Crippen molar-refractivity contribution in [3.63, 3.8) is 0 Å². The molecule has 1 aliphatic rings. The number of rotatable bonds is 7. The van der Waals surface area contributed by atoms with Gasteiger partial charge in [0.1, 0.15) is 0 Å². The van der Waals surface area contributed by atoms with Crippen LogP contribution in [0, 0.1) is 0 Å². The molecule has 17 heavy (non-hydrogen) atoms. The molecule has 0 aromatic heterocycles. The Hall–Kier alpha value is -0.0800. The largest absolute Gasteiger partial charge is 0.313 e. The number of hydrogen-bond donors (Lipinski definition) is 1. The zero-order chi connectivity index (χ0) is 12.3. The number of likely N-dealkylation sites (N-methyl/N-ethyl adjacent to an activating group) is 1. The minimum Gasteiger partial charge on any atom is -0.313 e. The molecule has 1 N–H and O–H groups in total. The molecule has 2 nitrogen and oxygen atoms in total. The first-order valence-electron chi connectivity index (χ1n) is 7.82. The predicted octanol–water partition coefficient (Wildman–Crippen LogP) is 3.42. The maximum atomic E-state index is 3.77. The van der Waals surface area contributed by atoms with Crippen LogP contribution in [-0.2, 0) is 0 Å². The van der Waals surface area contributed by atoms with Gasteiger partial charge in [0.15, 0.2) is 0 Å². The van der Waals surface area contributed by atoms with Gasteiger partial charge in [-0.05, 0) is 32.4 Å². The summed E-state index contributed by atoms with van der Waals surface area (Å²) in [5.41, 5.74) is 0. The predicted molar refractivity (Wildman–Crippen MR) is 76.5 cm³/mol. The number of nitrogens with one attached hydrogen (secondary N) is 1. The molecular weight excluding hydrogens is 208 g/mol. The van der Waals surface area contributed by atoms with Crippen molar-refractivity contribution in [3.05, 3.63) is 0 Å². The third-order valence-electron chi connectivity index (χ3n) is 3.95. The van der Waals surface area contributed by atoms with Crippen LogP contribution in [0.3, 0.4) is 0 Å².